The van der Waals surface area contributed by atoms with E-state index in [1.807, 2.05) is 0 Å². The van der Waals surface area contributed by atoms with Crippen molar-refractivity contribution in [3.05, 3.63) is 34.1 Å². The number of nitrogens with zero attached hydrogens (tertiary/aromatic N) is 2. The highest BCUT2D eigenvalue weighted by Crippen LogP contribution is 2.20. The summed E-state index contributed by atoms with van der Waals surface area (Å²) in [7, 11) is 0. The van der Waals surface area contributed by atoms with Crippen LogP contribution >= 0.6 is 15.9 Å². The first kappa shape index (κ1) is 13.5. The third-order valence-electron chi connectivity index (χ3n) is 4.08. The van der Waals surface area contributed by atoms with Crippen molar-refractivity contribution in [2.75, 3.05) is 39.3 Å². The molecule has 3 nitrogen and oxygen atoms in total. The van der Waals surface area contributed by atoms with Crippen LogP contribution in [0.3, 0.4) is 0 Å². The Morgan fingerprint density at radius 1 is 1.21 bits per heavy atom. The summed E-state index contributed by atoms with van der Waals surface area (Å²) >= 11 is 3.50. The fourth-order valence-corrected chi connectivity index (χ4v) is 3.10. The highest BCUT2D eigenvalue weighted by molar-refractivity contribution is 9.10. The van der Waals surface area contributed by atoms with Gasteiger partial charge in [-0.25, -0.2) is 4.39 Å². The van der Waals surface area contributed by atoms with Crippen molar-refractivity contribution in [3.8, 4) is 0 Å². The molecule has 0 amide bonds. The molecule has 1 N–H and O–H groups in total. The number of benzene rings is 1. The Kier molecular flexibility index (Phi) is 4.17. The highest BCUT2D eigenvalue weighted by atomic mass is 79.9. The summed E-state index contributed by atoms with van der Waals surface area (Å²) in [6.45, 7) is 7.48. The maximum atomic E-state index is 13.3. The number of piperazine rings is 1. The van der Waals surface area contributed by atoms with Crippen LogP contribution in [0, 0.1) is 5.82 Å². The monoisotopic (exact) mass is 327 g/mol. The number of hydrogen-bond donors (Lipinski definition) is 1. The molecular formula is C14H19BrFN3. The minimum Gasteiger partial charge on any atom is -0.314 e. The predicted molar refractivity (Wildman–Crippen MR) is 77.6 cm³/mol. The first-order valence-corrected chi connectivity index (χ1v) is 7.63. The molecule has 5 heteroatoms. The Balaban J connectivity index is 1.55. The molecule has 0 unspecified atom stereocenters. The van der Waals surface area contributed by atoms with E-state index in [9.17, 15) is 4.39 Å². The fraction of sp³-hybridized carbons (Fsp3) is 0.571. The van der Waals surface area contributed by atoms with Crippen LogP contribution in [0.1, 0.15) is 5.56 Å². The Morgan fingerprint density at radius 2 is 1.95 bits per heavy atom. The lowest BCUT2D eigenvalue weighted by atomic mass is 10.1. The van der Waals surface area contributed by atoms with E-state index >= 15 is 0 Å². The molecule has 2 saturated heterocycles. The molecule has 104 valence electrons. The van der Waals surface area contributed by atoms with E-state index in [4.69, 9.17) is 0 Å². The fourth-order valence-electron chi connectivity index (χ4n) is 2.72. The maximum absolute atomic E-state index is 13.3. The first-order valence-electron chi connectivity index (χ1n) is 6.83. The van der Waals surface area contributed by atoms with Crippen molar-refractivity contribution in [1.29, 1.82) is 0 Å². The summed E-state index contributed by atoms with van der Waals surface area (Å²) in [6, 6.07) is 5.66. The first-order chi connectivity index (χ1) is 9.22. The molecule has 0 radical (unpaired) electrons. The van der Waals surface area contributed by atoms with Gasteiger partial charge in [0.2, 0.25) is 0 Å². The molecular weight excluding hydrogens is 309 g/mol. The summed E-state index contributed by atoms with van der Waals surface area (Å²) in [5.41, 5.74) is 1.04. The molecule has 19 heavy (non-hydrogen) atoms. The van der Waals surface area contributed by atoms with Gasteiger partial charge < -0.3 is 5.32 Å². The molecule has 2 heterocycles. The van der Waals surface area contributed by atoms with Gasteiger partial charge in [0.05, 0.1) is 0 Å². The zero-order chi connectivity index (χ0) is 13.2. The van der Waals surface area contributed by atoms with E-state index in [-0.39, 0.29) is 5.82 Å². The summed E-state index contributed by atoms with van der Waals surface area (Å²) < 4.78 is 14.3. The molecule has 0 aromatic heterocycles. The molecule has 2 aliphatic heterocycles. The van der Waals surface area contributed by atoms with Crippen LogP contribution in [0.5, 0.6) is 0 Å². The Bertz CT molecular complexity index is 442. The molecule has 0 spiro atoms. The van der Waals surface area contributed by atoms with E-state index in [0.717, 1.165) is 61.9 Å². The van der Waals surface area contributed by atoms with Crippen molar-refractivity contribution in [2.45, 2.75) is 12.6 Å². The zero-order valence-electron chi connectivity index (χ0n) is 10.9. The van der Waals surface area contributed by atoms with Crippen LogP contribution in [0.4, 0.5) is 4.39 Å². The zero-order valence-corrected chi connectivity index (χ0v) is 12.5. The van der Waals surface area contributed by atoms with Gasteiger partial charge in [0, 0.05) is 56.3 Å². The second-order valence-electron chi connectivity index (χ2n) is 5.36. The average Bonchev–Trinajstić information content (AvgIpc) is 2.34. The van der Waals surface area contributed by atoms with Crippen molar-refractivity contribution < 1.29 is 4.39 Å². The van der Waals surface area contributed by atoms with Crippen LogP contribution in [0.15, 0.2) is 22.7 Å². The van der Waals surface area contributed by atoms with Gasteiger partial charge >= 0.3 is 0 Å². The summed E-state index contributed by atoms with van der Waals surface area (Å²) in [6.07, 6.45) is 0. The van der Waals surface area contributed by atoms with Gasteiger partial charge in [-0.2, -0.15) is 0 Å². The van der Waals surface area contributed by atoms with E-state index in [0.29, 0.717) is 0 Å². The van der Waals surface area contributed by atoms with Crippen molar-refractivity contribution in [2.24, 2.45) is 0 Å². The normalized spacial score (nSPS) is 22.4. The lowest BCUT2D eigenvalue weighted by Gasteiger charge is -2.43. The van der Waals surface area contributed by atoms with Gasteiger partial charge in [0.15, 0.2) is 0 Å². The number of halogens is 2. The molecule has 0 aliphatic carbocycles. The summed E-state index contributed by atoms with van der Waals surface area (Å²) in [4.78, 5) is 4.97. The lowest BCUT2D eigenvalue weighted by molar-refractivity contribution is 0.0694. The van der Waals surface area contributed by atoms with Gasteiger partial charge in [-0.3, -0.25) is 9.80 Å². The minimum atomic E-state index is -0.155. The van der Waals surface area contributed by atoms with Gasteiger partial charge in [0.25, 0.3) is 0 Å². The van der Waals surface area contributed by atoms with Gasteiger partial charge in [-0.1, -0.05) is 15.9 Å². The van der Waals surface area contributed by atoms with E-state index in [1.54, 1.807) is 12.1 Å². The minimum absolute atomic E-state index is 0.155. The Morgan fingerprint density at radius 3 is 2.58 bits per heavy atom. The van der Waals surface area contributed by atoms with Crippen molar-refractivity contribution in [3.63, 3.8) is 0 Å². The summed E-state index contributed by atoms with van der Waals surface area (Å²) in [5.74, 6) is -0.155. The van der Waals surface area contributed by atoms with Crippen LogP contribution in [-0.2, 0) is 6.54 Å². The molecule has 2 fully saturated rings. The Labute approximate surface area is 121 Å². The molecule has 0 bridgehead atoms. The predicted octanol–water partition coefficient (Wildman–Crippen LogP) is 1.68. The number of nitrogens with one attached hydrogen (secondary N) is 1. The van der Waals surface area contributed by atoms with E-state index in [2.05, 4.69) is 31.0 Å². The van der Waals surface area contributed by atoms with Crippen molar-refractivity contribution in [1.82, 2.24) is 15.1 Å². The van der Waals surface area contributed by atoms with Crippen LogP contribution in [0.25, 0.3) is 0 Å². The topological polar surface area (TPSA) is 18.5 Å². The second-order valence-corrected chi connectivity index (χ2v) is 6.21. The van der Waals surface area contributed by atoms with E-state index in [1.165, 1.54) is 6.07 Å². The van der Waals surface area contributed by atoms with Gasteiger partial charge in [-0.05, 0) is 23.8 Å². The van der Waals surface area contributed by atoms with Gasteiger partial charge in [-0.15, -0.1) is 0 Å². The average molecular weight is 328 g/mol. The molecule has 1 aromatic carbocycles. The number of rotatable bonds is 3. The lowest BCUT2D eigenvalue weighted by Crippen LogP contribution is -2.61. The van der Waals surface area contributed by atoms with Crippen molar-refractivity contribution >= 4 is 15.9 Å². The largest absolute Gasteiger partial charge is 0.314 e. The SMILES string of the molecule is Fc1ccc(Br)c(CN2CCN(C3CNC3)CC2)c1. The Hall–Kier alpha value is -0.490. The van der Waals surface area contributed by atoms with Crippen LogP contribution < -0.4 is 5.32 Å². The third kappa shape index (κ3) is 3.16. The maximum Gasteiger partial charge on any atom is 0.123 e. The number of hydrogen-bond acceptors (Lipinski definition) is 3. The smallest absolute Gasteiger partial charge is 0.123 e. The second kappa shape index (κ2) is 5.87. The molecule has 0 saturated carbocycles. The third-order valence-corrected chi connectivity index (χ3v) is 4.86. The molecule has 3 rings (SSSR count). The quantitative estimate of drug-likeness (QED) is 0.911. The standard InChI is InChI=1S/C14H19BrFN3/c15-14-2-1-12(16)7-11(14)10-18-3-5-19(6-4-18)13-8-17-9-13/h1-2,7,13,17H,3-6,8-10H2. The molecule has 2 aliphatic rings. The van der Waals surface area contributed by atoms with E-state index < -0.39 is 0 Å². The van der Waals surface area contributed by atoms with Gasteiger partial charge in [0.1, 0.15) is 5.82 Å². The molecule has 1 aromatic rings. The molecule has 0 atom stereocenters. The summed E-state index contributed by atoms with van der Waals surface area (Å²) in [5, 5.41) is 3.32. The van der Waals surface area contributed by atoms with Crippen LogP contribution in [-0.4, -0.2) is 55.1 Å². The van der Waals surface area contributed by atoms with Crippen LogP contribution in [0.2, 0.25) is 0 Å². The highest BCUT2D eigenvalue weighted by Gasteiger charge is 2.27.